The fourth-order valence-corrected chi connectivity index (χ4v) is 3.96. The summed E-state index contributed by atoms with van der Waals surface area (Å²) in [6.07, 6.45) is 1.29. The average molecular weight is 357 g/mol. The van der Waals surface area contributed by atoms with Crippen molar-refractivity contribution in [3.63, 3.8) is 0 Å². The maximum absolute atomic E-state index is 12.8. The third-order valence-corrected chi connectivity index (χ3v) is 5.77. The molecule has 0 amide bonds. The smallest absolute Gasteiger partial charge is 0.337 e. The molecular formula is C16H23NO6S. The maximum Gasteiger partial charge on any atom is 0.337 e. The predicted molar refractivity (Wildman–Crippen MR) is 88.4 cm³/mol. The van der Waals surface area contributed by atoms with Crippen molar-refractivity contribution in [3.8, 4) is 0 Å². The Balaban J connectivity index is 3.50. The van der Waals surface area contributed by atoms with Crippen LogP contribution in [0.4, 0.5) is 0 Å². The number of carbonyl (C=O) groups is 2. The normalized spacial score (nSPS) is 11.6. The first-order valence-electron chi connectivity index (χ1n) is 7.52. The van der Waals surface area contributed by atoms with Crippen LogP contribution >= 0.6 is 0 Å². The van der Waals surface area contributed by atoms with Gasteiger partial charge in [0.05, 0.1) is 30.2 Å². The van der Waals surface area contributed by atoms with Gasteiger partial charge in [0.1, 0.15) is 0 Å². The van der Waals surface area contributed by atoms with Gasteiger partial charge in [0.2, 0.25) is 10.0 Å². The summed E-state index contributed by atoms with van der Waals surface area (Å²) in [4.78, 5) is 23.4. The second-order valence-corrected chi connectivity index (χ2v) is 7.22. The molecule has 0 unspecified atom stereocenters. The summed E-state index contributed by atoms with van der Waals surface area (Å²) in [5.74, 6) is -1.47. The van der Waals surface area contributed by atoms with Gasteiger partial charge in [-0.15, -0.1) is 0 Å². The van der Waals surface area contributed by atoms with Crippen LogP contribution in [0.15, 0.2) is 23.1 Å². The molecule has 0 N–H and O–H groups in total. The quantitative estimate of drug-likeness (QED) is 0.694. The topological polar surface area (TPSA) is 90.0 Å². The number of carbonyl (C=O) groups excluding carboxylic acids is 2. The largest absolute Gasteiger partial charge is 0.465 e. The average Bonchev–Trinajstić information content (AvgIpc) is 2.60. The fraction of sp³-hybridized carbons (Fsp3) is 0.500. The summed E-state index contributed by atoms with van der Waals surface area (Å²) in [5, 5.41) is 0. The van der Waals surface area contributed by atoms with Gasteiger partial charge in [-0.2, -0.15) is 4.31 Å². The number of hydrogen-bond donors (Lipinski definition) is 0. The molecule has 0 aliphatic heterocycles. The van der Waals surface area contributed by atoms with Crippen LogP contribution < -0.4 is 0 Å². The first-order chi connectivity index (χ1) is 11.2. The molecule has 0 saturated heterocycles. The first-order valence-corrected chi connectivity index (χ1v) is 8.96. The molecule has 24 heavy (non-hydrogen) atoms. The molecule has 0 heterocycles. The highest BCUT2D eigenvalue weighted by Crippen LogP contribution is 2.23. The first kappa shape index (κ1) is 20.1. The molecule has 0 bridgehead atoms. The second-order valence-electron chi connectivity index (χ2n) is 5.22. The fourth-order valence-electron chi connectivity index (χ4n) is 2.38. The van der Waals surface area contributed by atoms with Gasteiger partial charge >= 0.3 is 11.9 Å². The number of esters is 2. The molecule has 0 spiro atoms. The van der Waals surface area contributed by atoms with Gasteiger partial charge in [-0.05, 0) is 31.0 Å². The van der Waals surface area contributed by atoms with Gasteiger partial charge in [0.15, 0.2) is 0 Å². The van der Waals surface area contributed by atoms with Gasteiger partial charge < -0.3 is 9.47 Å². The molecular weight excluding hydrogens is 334 g/mol. The van der Waals surface area contributed by atoms with Crippen LogP contribution in [-0.4, -0.2) is 52.0 Å². The second kappa shape index (κ2) is 8.25. The maximum atomic E-state index is 12.8. The molecule has 0 atom stereocenters. The molecule has 0 saturated carbocycles. The van der Waals surface area contributed by atoms with Crippen molar-refractivity contribution in [2.75, 3.05) is 21.3 Å². The minimum absolute atomic E-state index is 0.0306. The van der Waals surface area contributed by atoms with Crippen molar-refractivity contribution in [2.45, 2.75) is 37.6 Å². The number of nitrogens with zero attached hydrogens (tertiary/aromatic N) is 1. The van der Waals surface area contributed by atoms with Crippen LogP contribution in [0.5, 0.6) is 0 Å². The molecule has 0 aliphatic carbocycles. The van der Waals surface area contributed by atoms with E-state index in [0.717, 1.165) is 0 Å². The Kier molecular flexibility index (Phi) is 6.92. The van der Waals surface area contributed by atoms with Gasteiger partial charge in [0, 0.05) is 13.1 Å². The number of hydrogen-bond acceptors (Lipinski definition) is 6. The van der Waals surface area contributed by atoms with Crippen LogP contribution in [0.2, 0.25) is 0 Å². The van der Waals surface area contributed by atoms with Crippen molar-refractivity contribution in [3.05, 3.63) is 29.3 Å². The molecule has 1 rings (SSSR count). The third kappa shape index (κ3) is 4.12. The highest BCUT2D eigenvalue weighted by Gasteiger charge is 2.28. The van der Waals surface area contributed by atoms with Crippen LogP contribution in [0.25, 0.3) is 0 Å². The Labute approximate surface area is 142 Å². The Hall–Kier alpha value is -1.93. The van der Waals surface area contributed by atoms with E-state index in [-0.39, 0.29) is 22.1 Å². The zero-order valence-corrected chi connectivity index (χ0v) is 15.3. The standard InChI is InChI=1S/C16H23NO6S/c1-6-13(7-2)17(3)24(20,21)14-9-11(15(18)22-4)8-12(10-14)16(19)23-5/h8-10,13H,6-7H2,1-5H3. The number of rotatable bonds is 7. The minimum atomic E-state index is -3.87. The van der Waals surface area contributed by atoms with Gasteiger partial charge in [-0.1, -0.05) is 13.8 Å². The highest BCUT2D eigenvalue weighted by atomic mass is 32.2. The summed E-state index contributed by atoms with van der Waals surface area (Å²) < 4.78 is 36.2. The lowest BCUT2D eigenvalue weighted by molar-refractivity contribution is 0.0598. The van der Waals surface area contributed by atoms with Crippen LogP contribution in [0, 0.1) is 0 Å². The minimum Gasteiger partial charge on any atom is -0.465 e. The van der Waals surface area contributed by atoms with Crippen LogP contribution in [0.3, 0.4) is 0 Å². The van der Waals surface area contributed by atoms with E-state index in [9.17, 15) is 18.0 Å². The zero-order chi connectivity index (χ0) is 18.5. The van der Waals surface area contributed by atoms with Gasteiger partial charge in [0.25, 0.3) is 0 Å². The summed E-state index contributed by atoms with van der Waals surface area (Å²) >= 11 is 0. The molecule has 8 heteroatoms. The Morgan fingerprint density at radius 1 is 1.00 bits per heavy atom. The number of ether oxygens (including phenoxy) is 2. The molecule has 0 radical (unpaired) electrons. The van der Waals surface area contributed by atoms with E-state index in [0.29, 0.717) is 12.8 Å². The Bertz CT molecular complexity index is 675. The summed E-state index contributed by atoms with van der Waals surface area (Å²) in [7, 11) is -0.0349. The van der Waals surface area contributed by atoms with Crippen molar-refractivity contribution in [2.24, 2.45) is 0 Å². The van der Waals surface area contributed by atoms with Crippen molar-refractivity contribution >= 4 is 22.0 Å². The van der Waals surface area contributed by atoms with E-state index in [1.807, 2.05) is 13.8 Å². The SMILES string of the molecule is CCC(CC)N(C)S(=O)(=O)c1cc(C(=O)OC)cc(C(=O)OC)c1. The number of sulfonamides is 1. The highest BCUT2D eigenvalue weighted by molar-refractivity contribution is 7.89. The molecule has 0 aliphatic rings. The van der Waals surface area contributed by atoms with E-state index in [4.69, 9.17) is 0 Å². The van der Waals surface area contributed by atoms with Crippen molar-refractivity contribution in [1.82, 2.24) is 4.31 Å². The predicted octanol–water partition coefficient (Wildman–Crippen LogP) is 2.07. The van der Waals surface area contributed by atoms with Crippen LogP contribution in [-0.2, 0) is 19.5 Å². The van der Waals surface area contributed by atoms with E-state index in [1.54, 1.807) is 0 Å². The Morgan fingerprint density at radius 2 is 1.42 bits per heavy atom. The van der Waals surface area contributed by atoms with E-state index >= 15 is 0 Å². The zero-order valence-electron chi connectivity index (χ0n) is 14.5. The molecule has 134 valence electrons. The lowest BCUT2D eigenvalue weighted by Crippen LogP contribution is -2.36. The molecule has 7 nitrogen and oxygen atoms in total. The summed E-state index contributed by atoms with van der Waals surface area (Å²) in [5.41, 5.74) is -0.0613. The molecule has 1 aromatic rings. The molecule has 1 aromatic carbocycles. The van der Waals surface area contributed by atoms with Gasteiger partial charge in [-0.3, -0.25) is 0 Å². The molecule has 0 aromatic heterocycles. The van der Waals surface area contributed by atoms with E-state index in [2.05, 4.69) is 9.47 Å². The van der Waals surface area contributed by atoms with Crippen molar-refractivity contribution < 1.29 is 27.5 Å². The lowest BCUT2D eigenvalue weighted by Gasteiger charge is -2.25. The van der Waals surface area contributed by atoms with Crippen LogP contribution in [0.1, 0.15) is 47.4 Å². The summed E-state index contributed by atoms with van der Waals surface area (Å²) in [6.45, 7) is 3.79. The van der Waals surface area contributed by atoms with E-state index in [1.165, 1.54) is 43.8 Å². The van der Waals surface area contributed by atoms with Crippen molar-refractivity contribution in [1.29, 1.82) is 0 Å². The summed E-state index contributed by atoms with van der Waals surface area (Å²) in [6, 6.07) is 3.46. The molecule has 0 fully saturated rings. The van der Waals surface area contributed by atoms with Gasteiger partial charge in [-0.25, -0.2) is 18.0 Å². The third-order valence-electron chi connectivity index (χ3n) is 3.88. The monoisotopic (exact) mass is 357 g/mol. The number of benzene rings is 1. The lowest BCUT2D eigenvalue weighted by atomic mass is 10.1. The Morgan fingerprint density at radius 3 is 1.75 bits per heavy atom. The van der Waals surface area contributed by atoms with E-state index < -0.39 is 22.0 Å². The number of methoxy groups -OCH3 is 2.